The Balaban J connectivity index is 1.53. The van der Waals surface area contributed by atoms with Crippen molar-refractivity contribution in [2.24, 2.45) is 0 Å². The van der Waals surface area contributed by atoms with E-state index >= 15 is 0 Å². The molecule has 0 spiro atoms. The molecule has 4 heterocycles. The number of hydrogen-bond donors (Lipinski definition) is 2. The Labute approximate surface area is 174 Å². The maximum atomic E-state index is 11.2. The third-order valence-corrected chi connectivity index (χ3v) is 5.89. The molecule has 1 aromatic carbocycles. The van der Waals surface area contributed by atoms with E-state index in [1.807, 2.05) is 54.9 Å². The maximum absolute atomic E-state index is 11.2. The number of aliphatic hydroxyl groups excluding tert-OH is 1. The molecule has 0 saturated carbocycles. The van der Waals surface area contributed by atoms with Crippen molar-refractivity contribution in [1.82, 2.24) is 14.5 Å². The van der Waals surface area contributed by atoms with E-state index < -0.39 is 36.4 Å². The SMILES string of the molecule is CCc1cccc(C(O)[C@H]2O[C@@H](n3ccc4c(N)ncnc43)[C@@H]3OC(C)(C)O[C@@H]32)c1. The molecule has 8 heteroatoms. The fourth-order valence-corrected chi connectivity index (χ4v) is 4.47. The lowest BCUT2D eigenvalue weighted by Gasteiger charge is -2.27. The lowest BCUT2D eigenvalue weighted by Crippen LogP contribution is -2.34. The van der Waals surface area contributed by atoms with Crippen LogP contribution in [0.1, 0.15) is 44.2 Å². The second kappa shape index (κ2) is 7.02. The average molecular weight is 410 g/mol. The lowest BCUT2D eigenvalue weighted by atomic mass is 9.97. The highest BCUT2D eigenvalue weighted by molar-refractivity contribution is 5.86. The summed E-state index contributed by atoms with van der Waals surface area (Å²) in [4.78, 5) is 8.43. The van der Waals surface area contributed by atoms with Crippen molar-refractivity contribution >= 4 is 16.9 Å². The molecular formula is C22H26N4O4. The van der Waals surface area contributed by atoms with Crippen LogP contribution in [0.3, 0.4) is 0 Å². The summed E-state index contributed by atoms with van der Waals surface area (Å²) >= 11 is 0. The molecule has 2 aliphatic heterocycles. The van der Waals surface area contributed by atoms with Crippen molar-refractivity contribution in [2.45, 2.75) is 63.6 Å². The van der Waals surface area contributed by atoms with Crippen LogP contribution in [0.25, 0.3) is 11.0 Å². The third kappa shape index (κ3) is 3.07. The number of aromatic nitrogens is 3. The number of nitrogen functional groups attached to an aromatic ring is 1. The Morgan fingerprint density at radius 1 is 1.20 bits per heavy atom. The molecule has 3 aromatic rings. The lowest BCUT2D eigenvalue weighted by molar-refractivity contribution is -0.207. The minimum Gasteiger partial charge on any atom is -0.386 e. The number of aliphatic hydroxyl groups is 1. The van der Waals surface area contributed by atoms with E-state index in [1.54, 1.807) is 0 Å². The summed E-state index contributed by atoms with van der Waals surface area (Å²) in [5, 5.41) is 12.0. The van der Waals surface area contributed by atoms with Gasteiger partial charge in [-0.05, 0) is 37.5 Å². The number of anilines is 1. The number of hydrogen-bond acceptors (Lipinski definition) is 7. The molecular weight excluding hydrogens is 384 g/mol. The van der Waals surface area contributed by atoms with Gasteiger partial charge < -0.3 is 29.6 Å². The Morgan fingerprint density at radius 2 is 2.00 bits per heavy atom. The summed E-state index contributed by atoms with van der Waals surface area (Å²) in [5.41, 5.74) is 8.61. The predicted octanol–water partition coefficient (Wildman–Crippen LogP) is 2.73. The Hall–Kier alpha value is -2.52. The quantitative estimate of drug-likeness (QED) is 0.681. The van der Waals surface area contributed by atoms with Crippen LogP contribution in [-0.4, -0.2) is 43.7 Å². The summed E-state index contributed by atoms with van der Waals surface area (Å²) in [6, 6.07) is 9.78. The molecule has 1 unspecified atom stereocenters. The highest BCUT2D eigenvalue weighted by atomic mass is 16.8. The van der Waals surface area contributed by atoms with E-state index in [-0.39, 0.29) is 0 Å². The van der Waals surface area contributed by atoms with Crippen LogP contribution in [-0.2, 0) is 20.6 Å². The molecule has 30 heavy (non-hydrogen) atoms. The van der Waals surface area contributed by atoms with E-state index in [1.165, 1.54) is 6.33 Å². The van der Waals surface area contributed by atoms with Gasteiger partial charge in [-0.15, -0.1) is 0 Å². The normalized spacial score (nSPS) is 28.7. The Kier molecular flexibility index (Phi) is 4.55. The summed E-state index contributed by atoms with van der Waals surface area (Å²) in [6.45, 7) is 5.83. The van der Waals surface area contributed by atoms with Gasteiger partial charge in [-0.25, -0.2) is 9.97 Å². The first kappa shape index (κ1) is 19.4. The van der Waals surface area contributed by atoms with Gasteiger partial charge in [0.1, 0.15) is 42.2 Å². The highest BCUT2D eigenvalue weighted by Crippen LogP contribution is 2.47. The Bertz CT molecular complexity index is 1080. The first-order chi connectivity index (χ1) is 14.4. The highest BCUT2D eigenvalue weighted by Gasteiger charge is 2.58. The molecule has 0 aliphatic carbocycles. The standard InChI is InChI=1S/C22H26N4O4/c1-4-12-6-5-7-13(10-12)15(27)16-17-18(30-22(2,3)29-17)21(28-16)26-9-8-14-19(23)24-11-25-20(14)26/h5-11,15-18,21,27H,4H2,1-3H3,(H2,23,24,25)/t15?,16-,17-,18-,21-/m1/s1. The van der Waals surface area contributed by atoms with Gasteiger partial charge in [-0.1, -0.05) is 31.2 Å². The number of aryl methyl sites for hydroxylation is 1. The second-order valence-electron chi connectivity index (χ2n) is 8.32. The third-order valence-electron chi connectivity index (χ3n) is 5.89. The minimum atomic E-state index is -0.854. The van der Waals surface area contributed by atoms with Gasteiger partial charge >= 0.3 is 0 Å². The molecule has 2 fully saturated rings. The number of fused-ring (bicyclic) bond motifs is 2. The van der Waals surface area contributed by atoms with Crippen LogP contribution in [0.5, 0.6) is 0 Å². The molecule has 0 radical (unpaired) electrons. The summed E-state index contributed by atoms with van der Waals surface area (Å²) in [5.74, 6) is -0.373. The van der Waals surface area contributed by atoms with Crippen LogP contribution in [0.4, 0.5) is 5.82 Å². The summed E-state index contributed by atoms with van der Waals surface area (Å²) in [6.07, 6.45) is 1.39. The number of nitrogens with two attached hydrogens (primary N) is 1. The van der Waals surface area contributed by atoms with E-state index in [9.17, 15) is 5.11 Å². The first-order valence-corrected chi connectivity index (χ1v) is 10.2. The zero-order chi connectivity index (χ0) is 21.0. The van der Waals surface area contributed by atoms with Gasteiger partial charge in [0.2, 0.25) is 0 Å². The maximum Gasteiger partial charge on any atom is 0.164 e. The monoisotopic (exact) mass is 410 g/mol. The molecule has 158 valence electrons. The number of nitrogens with zero attached hydrogens (tertiary/aromatic N) is 3. The van der Waals surface area contributed by atoms with Crippen molar-refractivity contribution in [3.8, 4) is 0 Å². The molecule has 2 saturated heterocycles. The average Bonchev–Trinajstić information content (AvgIpc) is 3.38. The van der Waals surface area contributed by atoms with E-state index in [4.69, 9.17) is 19.9 Å². The first-order valence-electron chi connectivity index (χ1n) is 10.2. The molecule has 0 amide bonds. The van der Waals surface area contributed by atoms with Crippen LogP contribution in [0.2, 0.25) is 0 Å². The largest absolute Gasteiger partial charge is 0.386 e. The smallest absolute Gasteiger partial charge is 0.164 e. The second-order valence-corrected chi connectivity index (χ2v) is 8.32. The van der Waals surface area contributed by atoms with Crippen LogP contribution >= 0.6 is 0 Å². The fourth-order valence-electron chi connectivity index (χ4n) is 4.47. The fraction of sp³-hybridized carbons (Fsp3) is 0.455. The Morgan fingerprint density at radius 3 is 2.80 bits per heavy atom. The van der Waals surface area contributed by atoms with Crippen molar-refractivity contribution in [3.05, 3.63) is 54.0 Å². The van der Waals surface area contributed by atoms with Crippen molar-refractivity contribution in [3.63, 3.8) is 0 Å². The molecule has 5 atom stereocenters. The van der Waals surface area contributed by atoms with E-state index in [0.717, 1.165) is 22.9 Å². The number of rotatable bonds is 4. The van der Waals surface area contributed by atoms with Gasteiger partial charge in [-0.2, -0.15) is 0 Å². The van der Waals surface area contributed by atoms with E-state index in [2.05, 4.69) is 16.9 Å². The predicted molar refractivity (Wildman–Crippen MR) is 110 cm³/mol. The molecule has 2 aromatic heterocycles. The molecule has 3 N–H and O–H groups in total. The summed E-state index contributed by atoms with van der Waals surface area (Å²) in [7, 11) is 0. The van der Waals surface area contributed by atoms with Gasteiger partial charge in [0.05, 0.1) is 5.39 Å². The zero-order valence-corrected chi connectivity index (χ0v) is 17.2. The van der Waals surface area contributed by atoms with Gasteiger partial charge in [-0.3, -0.25) is 0 Å². The molecule has 0 bridgehead atoms. The minimum absolute atomic E-state index is 0.402. The molecule has 8 nitrogen and oxygen atoms in total. The topological polar surface area (TPSA) is 105 Å². The van der Waals surface area contributed by atoms with Crippen molar-refractivity contribution in [1.29, 1.82) is 0 Å². The van der Waals surface area contributed by atoms with Crippen LogP contribution in [0, 0.1) is 0 Å². The number of ether oxygens (including phenoxy) is 3. The number of benzene rings is 1. The van der Waals surface area contributed by atoms with Crippen LogP contribution < -0.4 is 5.73 Å². The van der Waals surface area contributed by atoms with Gasteiger partial charge in [0.25, 0.3) is 0 Å². The van der Waals surface area contributed by atoms with Gasteiger partial charge in [0.15, 0.2) is 12.0 Å². The van der Waals surface area contributed by atoms with Crippen molar-refractivity contribution in [2.75, 3.05) is 5.73 Å². The van der Waals surface area contributed by atoms with E-state index in [0.29, 0.717) is 11.5 Å². The molecule has 5 rings (SSSR count). The van der Waals surface area contributed by atoms with Gasteiger partial charge in [0, 0.05) is 6.20 Å². The molecule has 2 aliphatic rings. The summed E-state index contributed by atoms with van der Waals surface area (Å²) < 4.78 is 20.6. The van der Waals surface area contributed by atoms with Crippen LogP contribution in [0.15, 0.2) is 42.9 Å². The van der Waals surface area contributed by atoms with Crippen molar-refractivity contribution < 1.29 is 19.3 Å². The zero-order valence-electron chi connectivity index (χ0n) is 17.2.